The molecule has 0 saturated carbocycles. The first-order chi connectivity index (χ1) is 14.5. The molecular formula is C22H23N3O5. The lowest BCUT2D eigenvalue weighted by Crippen LogP contribution is -2.30. The minimum atomic E-state index is -0.619. The highest BCUT2D eigenvalue weighted by Gasteiger charge is 2.34. The molecule has 0 unspecified atom stereocenters. The average molecular weight is 409 g/mol. The predicted octanol–water partition coefficient (Wildman–Crippen LogP) is 3.07. The first-order valence-electron chi connectivity index (χ1n) is 9.83. The summed E-state index contributed by atoms with van der Waals surface area (Å²) in [5.74, 6) is -0.735. The molecule has 0 bridgehead atoms. The fraction of sp³-hybridized carbons (Fsp3) is 0.318. The average Bonchev–Trinajstić information content (AvgIpc) is 3.48. The second-order valence-corrected chi connectivity index (χ2v) is 7.37. The Bertz CT molecular complexity index is 1030. The van der Waals surface area contributed by atoms with Crippen molar-refractivity contribution in [1.29, 1.82) is 0 Å². The van der Waals surface area contributed by atoms with Gasteiger partial charge >= 0.3 is 12.0 Å². The quantitative estimate of drug-likeness (QED) is 0.464. The van der Waals surface area contributed by atoms with Crippen molar-refractivity contribution in [3.63, 3.8) is 0 Å². The van der Waals surface area contributed by atoms with Gasteiger partial charge in [0.2, 0.25) is 5.76 Å². The maximum absolute atomic E-state index is 12.7. The second-order valence-electron chi connectivity index (χ2n) is 7.37. The lowest BCUT2D eigenvalue weighted by molar-refractivity contribution is -0.123. The van der Waals surface area contributed by atoms with Gasteiger partial charge in [-0.05, 0) is 61.2 Å². The number of urea groups is 1. The van der Waals surface area contributed by atoms with Gasteiger partial charge in [-0.2, -0.15) is 0 Å². The molecule has 2 aromatic rings. The fourth-order valence-corrected chi connectivity index (χ4v) is 3.69. The van der Waals surface area contributed by atoms with Crippen LogP contribution in [0.25, 0.3) is 6.08 Å². The first-order valence-corrected chi connectivity index (χ1v) is 9.83. The van der Waals surface area contributed by atoms with Crippen LogP contribution in [-0.2, 0) is 16.1 Å². The summed E-state index contributed by atoms with van der Waals surface area (Å²) in [5, 5.41) is 2.61. The third kappa shape index (κ3) is 3.80. The highest BCUT2D eigenvalue weighted by atomic mass is 16.5. The molecule has 8 heteroatoms. The molecular weight excluding hydrogens is 386 g/mol. The largest absolute Gasteiger partial charge is 0.463 e. The van der Waals surface area contributed by atoms with Gasteiger partial charge in [0, 0.05) is 18.8 Å². The number of aryl methyl sites for hydroxylation is 1. The van der Waals surface area contributed by atoms with Gasteiger partial charge < -0.3 is 19.4 Å². The number of rotatable bonds is 5. The Morgan fingerprint density at radius 3 is 2.67 bits per heavy atom. The summed E-state index contributed by atoms with van der Waals surface area (Å²) in [6.07, 6.45) is 4.10. The van der Waals surface area contributed by atoms with Gasteiger partial charge in [0.1, 0.15) is 11.5 Å². The van der Waals surface area contributed by atoms with Crippen molar-refractivity contribution in [3.8, 4) is 0 Å². The lowest BCUT2D eigenvalue weighted by atomic mass is 10.1. The number of nitrogens with zero attached hydrogens (tertiary/aromatic N) is 2. The highest BCUT2D eigenvalue weighted by Crippen LogP contribution is 2.25. The van der Waals surface area contributed by atoms with E-state index in [1.807, 2.05) is 19.1 Å². The Balaban J connectivity index is 1.50. The zero-order chi connectivity index (χ0) is 21.3. The molecule has 3 heterocycles. The molecule has 4 rings (SSSR count). The van der Waals surface area contributed by atoms with Crippen LogP contribution in [0.15, 0.2) is 40.4 Å². The summed E-state index contributed by atoms with van der Waals surface area (Å²) in [7, 11) is 1.25. The summed E-state index contributed by atoms with van der Waals surface area (Å²) in [4.78, 5) is 39.9. The van der Waals surface area contributed by atoms with Crippen LogP contribution in [-0.4, -0.2) is 43.0 Å². The lowest BCUT2D eigenvalue weighted by Gasteiger charge is -2.18. The number of amides is 3. The van der Waals surface area contributed by atoms with Gasteiger partial charge in [-0.15, -0.1) is 0 Å². The number of benzene rings is 1. The molecule has 0 aliphatic carbocycles. The van der Waals surface area contributed by atoms with Gasteiger partial charge in [0.05, 0.1) is 13.7 Å². The molecule has 2 saturated heterocycles. The highest BCUT2D eigenvalue weighted by molar-refractivity contribution is 6.13. The van der Waals surface area contributed by atoms with Crippen LogP contribution in [0.4, 0.5) is 10.5 Å². The van der Waals surface area contributed by atoms with Crippen LogP contribution in [0, 0.1) is 6.92 Å². The van der Waals surface area contributed by atoms with Crippen LogP contribution < -0.4 is 10.2 Å². The van der Waals surface area contributed by atoms with Crippen LogP contribution in [0.5, 0.6) is 0 Å². The van der Waals surface area contributed by atoms with Crippen molar-refractivity contribution < 1.29 is 23.5 Å². The molecule has 1 N–H and O–H groups in total. The maximum Gasteiger partial charge on any atom is 0.373 e. The van der Waals surface area contributed by atoms with Crippen LogP contribution in [0.1, 0.15) is 40.3 Å². The van der Waals surface area contributed by atoms with E-state index in [0.717, 1.165) is 29.1 Å². The smallest absolute Gasteiger partial charge is 0.373 e. The third-order valence-corrected chi connectivity index (χ3v) is 5.35. The van der Waals surface area contributed by atoms with E-state index in [4.69, 9.17) is 4.42 Å². The van der Waals surface area contributed by atoms with Crippen molar-refractivity contribution >= 4 is 29.7 Å². The van der Waals surface area contributed by atoms with Crippen molar-refractivity contribution in [3.05, 3.63) is 58.7 Å². The predicted molar refractivity (Wildman–Crippen MR) is 110 cm³/mol. The Hall–Kier alpha value is -3.55. The van der Waals surface area contributed by atoms with Gasteiger partial charge in [0.25, 0.3) is 5.91 Å². The molecule has 8 nitrogen and oxygen atoms in total. The number of carbonyl (C=O) groups is 3. The number of anilines is 1. The van der Waals surface area contributed by atoms with Crippen molar-refractivity contribution in [2.24, 2.45) is 0 Å². The number of furan rings is 1. The Labute approximate surface area is 174 Å². The van der Waals surface area contributed by atoms with Gasteiger partial charge in [0.15, 0.2) is 0 Å². The maximum atomic E-state index is 12.7. The topological polar surface area (TPSA) is 92.1 Å². The van der Waals surface area contributed by atoms with E-state index in [-0.39, 0.29) is 18.0 Å². The van der Waals surface area contributed by atoms with Crippen molar-refractivity contribution in [2.45, 2.75) is 26.3 Å². The number of nitrogens with one attached hydrogen (secondary N) is 1. The summed E-state index contributed by atoms with van der Waals surface area (Å²) in [6.45, 7) is 4.04. The molecule has 0 spiro atoms. The molecule has 2 fully saturated rings. The van der Waals surface area contributed by atoms with E-state index in [9.17, 15) is 14.4 Å². The number of ether oxygens (including phenoxy) is 1. The summed E-state index contributed by atoms with van der Waals surface area (Å²) in [5.41, 5.74) is 3.28. The molecule has 2 aliphatic rings. The third-order valence-electron chi connectivity index (χ3n) is 5.35. The molecule has 1 aromatic heterocycles. The minimum Gasteiger partial charge on any atom is -0.463 e. The molecule has 1 aromatic carbocycles. The van der Waals surface area contributed by atoms with Crippen LogP contribution >= 0.6 is 0 Å². The van der Waals surface area contributed by atoms with Crippen LogP contribution in [0.3, 0.4) is 0 Å². The number of hydrogen-bond acceptors (Lipinski definition) is 6. The second kappa shape index (κ2) is 8.06. The Morgan fingerprint density at radius 1 is 1.20 bits per heavy atom. The molecule has 156 valence electrons. The Kier molecular flexibility index (Phi) is 5.31. The number of imide groups is 1. The molecule has 30 heavy (non-hydrogen) atoms. The van der Waals surface area contributed by atoms with Gasteiger partial charge in [-0.3, -0.25) is 9.69 Å². The zero-order valence-electron chi connectivity index (χ0n) is 16.9. The van der Waals surface area contributed by atoms with E-state index >= 15 is 0 Å². The minimum absolute atomic E-state index is 0.0176. The van der Waals surface area contributed by atoms with Crippen LogP contribution in [0.2, 0.25) is 0 Å². The number of methoxy groups -OCH3 is 1. The molecule has 0 radical (unpaired) electrons. The number of hydrogen-bond donors (Lipinski definition) is 1. The van der Waals surface area contributed by atoms with Crippen molar-refractivity contribution in [2.75, 3.05) is 25.1 Å². The van der Waals surface area contributed by atoms with Gasteiger partial charge in [-0.1, -0.05) is 6.07 Å². The summed E-state index contributed by atoms with van der Waals surface area (Å²) < 4.78 is 9.95. The zero-order valence-corrected chi connectivity index (χ0v) is 16.9. The van der Waals surface area contributed by atoms with E-state index in [0.29, 0.717) is 5.76 Å². The fourth-order valence-electron chi connectivity index (χ4n) is 3.69. The van der Waals surface area contributed by atoms with E-state index in [1.54, 1.807) is 6.08 Å². The standard InChI is InChI=1S/C22H23N3O5/c1-14-11-16(24-9-3-4-10-24)6-5-15(14)12-18-20(26)25(22(28)23-18)13-17-7-8-19(30-17)21(27)29-2/h5-8,11-12H,3-4,9-10,13H2,1-2H3,(H,23,28)/b18-12-. The van der Waals surface area contributed by atoms with E-state index < -0.39 is 17.9 Å². The SMILES string of the molecule is COC(=O)c1ccc(CN2C(=O)N/C(=C\c3ccc(N4CCCC4)cc3C)C2=O)o1. The van der Waals surface area contributed by atoms with E-state index in [1.165, 1.54) is 37.8 Å². The first kappa shape index (κ1) is 19.8. The number of carbonyl (C=O) groups excluding carboxylic acids is 3. The van der Waals surface area contributed by atoms with Crippen molar-refractivity contribution in [1.82, 2.24) is 10.2 Å². The molecule has 2 aliphatic heterocycles. The number of esters is 1. The summed E-state index contributed by atoms with van der Waals surface area (Å²) >= 11 is 0. The normalized spacial score (nSPS) is 17.7. The van der Waals surface area contributed by atoms with Gasteiger partial charge in [-0.25, -0.2) is 9.59 Å². The monoisotopic (exact) mass is 409 g/mol. The molecule has 0 atom stereocenters. The van der Waals surface area contributed by atoms with E-state index in [2.05, 4.69) is 21.0 Å². The summed E-state index contributed by atoms with van der Waals surface area (Å²) in [6, 6.07) is 8.56. The molecule has 3 amide bonds. The Morgan fingerprint density at radius 2 is 1.97 bits per heavy atom.